The Morgan fingerprint density at radius 1 is 1.10 bits per heavy atom. The van der Waals surface area contributed by atoms with Crippen LogP contribution in [0.2, 0.25) is 0 Å². The Kier molecular flexibility index (Phi) is 4.44. The summed E-state index contributed by atoms with van der Waals surface area (Å²) in [5.74, 6) is 0.219. The molecule has 2 rings (SSSR count). The van der Waals surface area contributed by atoms with Crippen molar-refractivity contribution in [1.82, 2.24) is 10.3 Å². The van der Waals surface area contributed by atoms with Crippen molar-refractivity contribution in [2.24, 2.45) is 0 Å². The molecule has 0 saturated heterocycles. The average Bonchev–Trinajstić information content (AvgIpc) is 2.46. The molecule has 0 aliphatic rings. The van der Waals surface area contributed by atoms with Crippen molar-refractivity contribution in [3.63, 3.8) is 0 Å². The molecule has 0 aliphatic carbocycles. The maximum Gasteiger partial charge on any atom is 0.256 e. The normalized spacial score (nSPS) is 9.85. The van der Waals surface area contributed by atoms with Crippen LogP contribution in [-0.2, 0) is 11.3 Å². The van der Waals surface area contributed by atoms with Gasteiger partial charge < -0.3 is 10.6 Å². The number of nitrogens with one attached hydrogen (secondary N) is 2. The number of hydrogen-bond acceptors (Lipinski definition) is 3. The summed E-state index contributed by atoms with van der Waals surface area (Å²) in [5, 5.41) is 5.41. The standard InChI is InChI=1S/C15H15N3O2/c1-11(19)17-10-12-5-7-13(8-6-12)15(20)18-14-4-2-3-9-16-14/h2-9H,10H2,1H3,(H,17,19)(H,16,18,20). The van der Waals surface area contributed by atoms with Gasteiger partial charge in [0, 0.05) is 25.2 Å². The third-order valence-electron chi connectivity index (χ3n) is 2.66. The molecule has 5 heteroatoms. The topological polar surface area (TPSA) is 71.1 Å². The third-order valence-corrected chi connectivity index (χ3v) is 2.66. The van der Waals surface area contributed by atoms with Gasteiger partial charge in [0.05, 0.1) is 0 Å². The van der Waals surface area contributed by atoms with Crippen LogP contribution < -0.4 is 10.6 Å². The Labute approximate surface area is 117 Å². The van der Waals surface area contributed by atoms with Crippen LogP contribution in [-0.4, -0.2) is 16.8 Å². The second kappa shape index (κ2) is 6.47. The molecule has 102 valence electrons. The maximum absolute atomic E-state index is 12.0. The first-order chi connectivity index (χ1) is 9.65. The zero-order valence-corrected chi connectivity index (χ0v) is 11.1. The number of nitrogens with zero attached hydrogens (tertiary/aromatic N) is 1. The van der Waals surface area contributed by atoms with Crippen LogP contribution in [0.15, 0.2) is 48.7 Å². The number of carbonyl (C=O) groups is 2. The van der Waals surface area contributed by atoms with Crippen molar-refractivity contribution < 1.29 is 9.59 Å². The first kappa shape index (κ1) is 13.7. The highest BCUT2D eigenvalue weighted by Crippen LogP contribution is 2.08. The largest absolute Gasteiger partial charge is 0.352 e. The molecule has 0 fully saturated rings. The first-order valence-electron chi connectivity index (χ1n) is 6.21. The van der Waals surface area contributed by atoms with Gasteiger partial charge in [-0.3, -0.25) is 9.59 Å². The van der Waals surface area contributed by atoms with Gasteiger partial charge in [0.2, 0.25) is 5.91 Å². The van der Waals surface area contributed by atoms with Gasteiger partial charge in [-0.1, -0.05) is 18.2 Å². The van der Waals surface area contributed by atoms with Gasteiger partial charge in [-0.25, -0.2) is 4.98 Å². The van der Waals surface area contributed by atoms with Gasteiger partial charge in [-0.15, -0.1) is 0 Å². The summed E-state index contributed by atoms with van der Waals surface area (Å²) in [5.41, 5.74) is 1.48. The predicted octanol–water partition coefficient (Wildman–Crippen LogP) is 1.97. The molecule has 0 spiro atoms. The Morgan fingerprint density at radius 2 is 1.85 bits per heavy atom. The molecule has 1 aromatic carbocycles. The number of rotatable bonds is 4. The van der Waals surface area contributed by atoms with Crippen LogP contribution in [0.25, 0.3) is 0 Å². The molecule has 1 aromatic heterocycles. The van der Waals surface area contributed by atoms with Crippen molar-refractivity contribution in [3.05, 3.63) is 59.8 Å². The lowest BCUT2D eigenvalue weighted by molar-refractivity contribution is -0.119. The van der Waals surface area contributed by atoms with Gasteiger partial charge in [0.25, 0.3) is 5.91 Å². The van der Waals surface area contributed by atoms with Crippen LogP contribution in [0.3, 0.4) is 0 Å². The van der Waals surface area contributed by atoms with Crippen molar-refractivity contribution in [1.29, 1.82) is 0 Å². The SMILES string of the molecule is CC(=O)NCc1ccc(C(=O)Nc2ccccn2)cc1. The summed E-state index contributed by atoms with van der Waals surface area (Å²) in [6.45, 7) is 1.92. The Bertz CT molecular complexity index is 594. The van der Waals surface area contributed by atoms with E-state index in [4.69, 9.17) is 0 Å². The zero-order chi connectivity index (χ0) is 14.4. The number of aromatic nitrogens is 1. The van der Waals surface area contributed by atoms with Gasteiger partial charge >= 0.3 is 0 Å². The van der Waals surface area contributed by atoms with E-state index in [-0.39, 0.29) is 11.8 Å². The van der Waals surface area contributed by atoms with Gasteiger partial charge in [-0.05, 0) is 29.8 Å². The van der Waals surface area contributed by atoms with E-state index in [1.165, 1.54) is 6.92 Å². The van der Waals surface area contributed by atoms with E-state index < -0.39 is 0 Å². The molecule has 2 amide bonds. The van der Waals surface area contributed by atoms with Crippen molar-refractivity contribution in [3.8, 4) is 0 Å². The van der Waals surface area contributed by atoms with Crippen LogP contribution in [0.5, 0.6) is 0 Å². The van der Waals surface area contributed by atoms with E-state index in [0.717, 1.165) is 5.56 Å². The number of amides is 2. The fourth-order valence-electron chi connectivity index (χ4n) is 1.63. The van der Waals surface area contributed by atoms with E-state index in [9.17, 15) is 9.59 Å². The summed E-state index contributed by atoms with van der Waals surface area (Å²) in [7, 11) is 0. The second-order valence-corrected chi connectivity index (χ2v) is 4.28. The van der Waals surface area contributed by atoms with Crippen LogP contribution >= 0.6 is 0 Å². The molecular weight excluding hydrogens is 254 g/mol. The number of carbonyl (C=O) groups excluding carboxylic acids is 2. The Balaban J connectivity index is 1.99. The summed E-state index contributed by atoms with van der Waals surface area (Å²) < 4.78 is 0. The van der Waals surface area contributed by atoms with Crippen molar-refractivity contribution in [2.45, 2.75) is 13.5 Å². The number of pyridine rings is 1. The molecule has 0 saturated carbocycles. The first-order valence-corrected chi connectivity index (χ1v) is 6.21. The summed E-state index contributed by atoms with van der Waals surface area (Å²) >= 11 is 0. The molecule has 0 aliphatic heterocycles. The molecule has 0 unspecified atom stereocenters. The molecule has 0 radical (unpaired) electrons. The van der Waals surface area contributed by atoms with Crippen LogP contribution in [0.4, 0.5) is 5.82 Å². The number of hydrogen-bond donors (Lipinski definition) is 2. The fourth-order valence-corrected chi connectivity index (χ4v) is 1.63. The van der Waals surface area contributed by atoms with E-state index in [1.807, 2.05) is 12.1 Å². The van der Waals surface area contributed by atoms with E-state index in [0.29, 0.717) is 17.9 Å². The molecular formula is C15H15N3O2. The molecule has 5 nitrogen and oxygen atoms in total. The van der Waals surface area contributed by atoms with Crippen LogP contribution in [0.1, 0.15) is 22.8 Å². The van der Waals surface area contributed by atoms with Crippen molar-refractivity contribution >= 4 is 17.6 Å². The van der Waals surface area contributed by atoms with Gasteiger partial charge in [0.1, 0.15) is 5.82 Å². The molecule has 0 atom stereocenters. The Morgan fingerprint density at radius 3 is 2.45 bits per heavy atom. The lowest BCUT2D eigenvalue weighted by atomic mass is 10.1. The molecule has 2 aromatic rings. The molecule has 20 heavy (non-hydrogen) atoms. The highest BCUT2D eigenvalue weighted by Gasteiger charge is 2.06. The smallest absolute Gasteiger partial charge is 0.256 e. The molecule has 1 heterocycles. The van der Waals surface area contributed by atoms with Gasteiger partial charge in [-0.2, -0.15) is 0 Å². The molecule has 0 bridgehead atoms. The summed E-state index contributed by atoms with van der Waals surface area (Å²) in [4.78, 5) is 26.8. The highest BCUT2D eigenvalue weighted by atomic mass is 16.2. The number of benzene rings is 1. The fraction of sp³-hybridized carbons (Fsp3) is 0.133. The zero-order valence-electron chi connectivity index (χ0n) is 11.1. The quantitative estimate of drug-likeness (QED) is 0.891. The lowest BCUT2D eigenvalue weighted by Crippen LogP contribution is -2.19. The van der Waals surface area contributed by atoms with E-state index in [2.05, 4.69) is 15.6 Å². The number of anilines is 1. The Hall–Kier alpha value is -2.69. The average molecular weight is 269 g/mol. The van der Waals surface area contributed by atoms with E-state index in [1.54, 1.807) is 36.5 Å². The third kappa shape index (κ3) is 3.91. The predicted molar refractivity (Wildman–Crippen MR) is 76.2 cm³/mol. The van der Waals surface area contributed by atoms with Gasteiger partial charge in [0.15, 0.2) is 0 Å². The summed E-state index contributed by atoms with van der Waals surface area (Å²) in [6.07, 6.45) is 1.62. The minimum absolute atomic E-state index is 0.0815. The van der Waals surface area contributed by atoms with E-state index >= 15 is 0 Å². The van der Waals surface area contributed by atoms with Crippen LogP contribution in [0, 0.1) is 0 Å². The summed E-state index contributed by atoms with van der Waals surface area (Å²) in [6, 6.07) is 12.4. The maximum atomic E-state index is 12.0. The molecule has 2 N–H and O–H groups in total. The highest BCUT2D eigenvalue weighted by molar-refractivity contribution is 6.03. The minimum atomic E-state index is -0.213. The second-order valence-electron chi connectivity index (χ2n) is 4.28. The minimum Gasteiger partial charge on any atom is -0.352 e. The monoisotopic (exact) mass is 269 g/mol. The van der Waals surface area contributed by atoms with Crippen molar-refractivity contribution in [2.75, 3.05) is 5.32 Å². The lowest BCUT2D eigenvalue weighted by Gasteiger charge is -2.06.